The van der Waals surface area contributed by atoms with Crippen LogP contribution in [0.3, 0.4) is 0 Å². The molecule has 1 aliphatic rings. The van der Waals surface area contributed by atoms with Gasteiger partial charge in [-0.25, -0.2) is 0 Å². The van der Waals surface area contributed by atoms with Crippen molar-refractivity contribution in [2.24, 2.45) is 17.3 Å². The van der Waals surface area contributed by atoms with E-state index in [1.807, 2.05) is 11.3 Å². The van der Waals surface area contributed by atoms with Crippen molar-refractivity contribution in [1.82, 2.24) is 5.32 Å². The summed E-state index contributed by atoms with van der Waals surface area (Å²) in [5, 5.41) is 8.37. The van der Waals surface area contributed by atoms with Gasteiger partial charge in [-0.15, -0.1) is 0 Å². The number of thiophene rings is 1. The van der Waals surface area contributed by atoms with Gasteiger partial charge in [-0.05, 0) is 78.3 Å². The van der Waals surface area contributed by atoms with Gasteiger partial charge in [-0.3, -0.25) is 0 Å². The van der Waals surface area contributed by atoms with E-state index in [1.54, 1.807) is 0 Å². The minimum Gasteiger partial charge on any atom is -0.314 e. The molecule has 1 aliphatic carbocycles. The summed E-state index contributed by atoms with van der Waals surface area (Å²) < 4.78 is 0. The summed E-state index contributed by atoms with van der Waals surface area (Å²) >= 11 is 1.83. The standard InChI is InChI=1S/C19H33NS/c1-5-11-20-18-13-15(2)6-7-17(18)19(3,4)10-8-16-9-12-21-14-16/h9,12,14-15,17-18,20H,5-8,10-11,13H2,1-4H3. The fourth-order valence-electron chi connectivity index (χ4n) is 3.96. The first-order chi connectivity index (χ1) is 10.0. The third-order valence-electron chi connectivity index (χ3n) is 5.41. The first-order valence-corrected chi connectivity index (χ1v) is 9.71. The van der Waals surface area contributed by atoms with E-state index in [0.29, 0.717) is 5.41 Å². The van der Waals surface area contributed by atoms with Crippen LogP contribution < -0.4 is 5.32 Å². The quantitative estimate of drug-likeness (QED) is 0.700. The van der Waals surface area contributed by atoms with Gasteiger partial charge in [0, 0.05) is 6.04 Å². The second kappa shape index (κ2) is 7.78. The van der Waals surface area contributed by atoms with Gasteiger partial charge >= 0.3 is 0 Å². The highest BCUT2D eigenvalue weighted by Crippen LogP contribution is 2.43. The van der Waals surface area contributed by atoms with Gasteiger partial charge in [0.15, 0.2) is 0 Å². The fraction of sp³-hybridized carbons (Fsp3) is 0.789. The van der Waals surface area contributed by atoms with E-state index in [9.17, 15) is 0 Å². The molecule has 3 unspecified atom stereocenters. The minimum absolute atomic E-state index is 0.438. The van der Waals surface area contributed by atoms with Crippen LogP contribution in [0.1, 0.15) is 65.4 Å². The molecule has 0 saturated heterocycles. The first kappa shape index (κ1) is 17.0. The maximum absolute atomic E-state index is 3.85. The third-order valence-corrected chi connectivity index (χ3v) is 6.14. The molecule has 120 valence electrons. The van der Waals surface area contributed by atoms with E-state index in [1.165, 1.54) is 50.6 Å². The number of nitrogens with one attached hydrogen (secondary N) is 1. The van der Waals surface area contributed by atoms with Crippen LogP contribution in [0.2, 0.25) is 0 Å². The van der Waals surface area contributed by atoms with Gasteiger partial charge in [0.2, 0.25) is 0 Å². The van der Waals surface area contributed by atoms with E-state index in [2.05, 4.69) is 49.8 Å². The Balaban J connectivity index is 1.97. The lowest BCUT2D eigenvalue weighted by Gasteiger charge is -2.45. The summed E-state index contributed by atoms with van der Waals surface area (Å²) in [7, 11) is 0. The Bertz CT molecular complexity index is 396. The van der Waals surface area contributed by atoms with Crippen molar-refractivity contribution in [3.05, 3.63) is 22.4 Å². The lowest BCUT2D eigenvalue weighted by atomic mass is 9.64. The van der Waals surface area contributed by atoms with Crippen LogP contribution in [0.5, 0.6) is 0 Å². The van der Waals surface area contributed by atoms with Crippen molar-refractivity contribution < 1.29 is 0 Å². The SMILES string of the molecule is CCCNC1CC(C)CCC1C(C)(C)CCc1ccsc1. The summed E-state index contributed by atoms with van der Waals surface area (Å²) in [4.78, 5) is 0. The van der Waals surface area contributed by atoms with Gasteiger partial charge in [-0.1, -0.05) is 34.1 Å². The lowest BCUT2D eigenvalue weighted by Crippen LogP contribution is -2.47. The van der Waals surface area contributed by atoms with Gasteiger partial charge in [0.05, 0.1) is 0 Å². The molecule has 1 N–H and O–H groups in total. The molecule has 1 saturated carbocycles. The van der Waals surface area contributed by atoms with Crippen LogP contribution in [0.4, 0.5) is 0 Å². The molecule has 1 aromatic rings. The smallest absolute Gasteiger partial charge is 0.0103 e. The van der Waals surface area contributed by atoms with Gasteiger partial charge in [0.1, 0.15) is 0 Å². The highest BCUT2D eigenvalue weighted by atomic mass is 32.1. The van der Waals surface area contributed by atoms with E-state index in [4.69, 9.17) is 0 Å². The molecule has 1 aromatic heterocycles. The normalized spacial score (nSPS) is 27.0. The molecule has 0 bridgehead atoms. The van der Waals surface area contributed by atoms with Crippen LogP contribution in [-0.2, 0) is 6.42 Å². The van der Waals surface area contributed by atoms with E-state index in [-0.39, 0.29) is 0 Å². The van der Waals surface area contributed by atoms with Crippen LogP contribution >= 0.6 is 11.3 Å². The number of rotatable bonds is 7. The molecule has 0 amide bonds. The molecular weight excluding hydrogens is 274 g/mol. The topological polar surface area (TPSA) is 12.0 Å². The largest absolute Gasteiger partial charge is 0.314 e. The predicted octanol–water partition coefficient (Wildman–Crippen LogP) is 5.51. The summed E-state index contributed by atoms with van der Waals surface area (Å²) in [5.41, 5.74) is 1.96. The maximum Gasteiger partial charge on any atom is 0.0103 e. The van der Waals surface area contributed by atoms with Crippen molar-refractivity contribution >= 4 is 11.3 Å². The Morgan fingerprint density at radius 3 is 2.81 bits per heavy atom. The van der Waals surface area contributed by atoms with Crippen molar-refractivity contribution in [2.45, 2.75) is 72.3 Å². The van der Waals surface area contributed by atoms with Crippen LogP contribution in [0.25, 0.3) is 0 Å². The van der Waals surface area contributed by atoms with E-state index < -0.39 is 0 Å². The molecule has 2 heteroatoms. The monoisotopic (exact) mass is 307 g/mol. The number of hydrogen-bond acceptors (Lipinski definition) is 2. The third kappa shape index (κ3) is 4.82. The second-order valence-corrected chi connectivity index (χ2v) is 8.49. The molecule has 0 aliphatic heterocycles. The Morgan fingerprint density at radius 2 is 2.14 bits per heavy atom. The molecule has 1 heterocycles. The van der Waals surface area contributed by atoms with E-state index in [0.717, 1.165) is 17.9 Å². The fourth-order valence-corrected chi connectivity index (χ4v) is 4.66. The average molecular weight is 308 g/mol. The Hall–Kier alpha value is -0.340. The zero-order valence-corrected chi connectivity index (χ0v) is 15.1. The van der Waals surface area contributed by atoms with Crippen LogP contribution in [0, 0.1) is 17.3 Å². The molecule has 21 heavy (non-hydrogen) atoms. The van der Waals surface area contributed by atoms with Crippen molar-refractivity contribution in [3.63, 3.8) is 0 Å². The Kier molecular flexibility index (Phi) is 6.31. The predicted molar refractivity (Wildman–Crippen MR) is 95.0 cm³/mol. The molecular formula is C19H33NS. The van der Waals surface area contributed by atoms with Gasteiger partial charge < -0.3 is 5.32 Å². The van der Waals surface area contributed by atoms with E-state index >= 15 is 0 Å². The summed E-state index contributed by atoms with van der Waals surface area (Å²) in [5.74, 6) is 1.72. The average Bonchev–Trinajstić information content (AvgIpc) is 2.96. The van der Waals surface area contributed by atoms with Crippen LogP contribution in [-0.4, -0.2) is 12.6 Å². The first-order valence-electron chi connectivity index (χ1n) is 8.77. The van der Waals surface area contributed by atoms with Crippen LogP contribution in [0.15, 0.2) is 16.8 Å². The van der Waals surface area contributed by atoms with Crippen molar-refractivity contribution in [3.8, 4) is 0 Å². The lowest BCUT2D eigenvalue weighted by molar-refractivity contribution is 0.0870. The summed E-state index contributed by atoms with van der Waals surface area (Å²) in [6.45, 7) is 10.9. The molecule has 0 spiro atoms. The molecule has 0 aromatic carbocycles. The zero-order chi connectivity index (χ0) is 15.3. The molecule has 1 fully saturated rings. The van der Waals surface area contributed by atoms with Gasteiger partial charge in [-0.2, -0.15) is 11.3 Å². The second-order valence-electron chi connectivity index (χ2n) is 7.71. The number of aryl methyl sites for hydroxylation is 1. The molecule has 0 radical (unpaired) electrons. The Labute approximate surface area is 135 Å². The molecule has 3 atom stereocenters. The maximum atomic E-state index is 3.85. The Morgan fingerprint density at radius 1 is 1.33 bits per heavy atom. The highest BCUT2D eigenvalue weighted by Gasteiger charge is 2.38. The highest BCUT2D eigenvalue weighted by molar-refractivity contribution is 7.07. The number of hydrogen-bond donors (Lipinski definition) is 1. The van der Waals surface area contributed by atoms with Crippen molar-refractivity contribution in [1.29, 1.82) is 0 Å². The summed E-state index contributed by atoms with van der Waals surface area (Å²) in [6, 6.07) is 3.02. The zero-order valence-electron chi connectivity index (χ0n) is 14.3. The molecule has 1 nitrogen and oxygen atoms in total. The molecule has 2 rings (SSSR count). The van der Waals surface area contributed by atoms with Crippen molar-refractivity contribution in [2.75, 3.05) is 6.54 Å². The van der Waals surface area contributed by atoms with Gasteiger partial charge in [0.25, 0.3) is 0 Å². The minimum atomic E-state index is 0.438. The summed E-state index contributed by atoms with van der Waals surface area (Å²) in [6.07, 6.45) is 7.98.